The largest absolute Gasteiger partial charge is 0.272 e. The summed E-state index contributed by atoms with van der Waals surface area (Å²) in [5.41, 5.74) is 2.62. The molecule has 0 radical (unpaired) electrons. The van der Waals surface area contributed by atoms with E-state index in [-0.39, 0.29) is 14.9 Å². The SMILES string of the molecule is CN(CC(=O)N/N=C\c1cccc(F)c1)S(=O)(=O)c1cc(Cl)ccc1Cl. The Balaban J connectivity index is 2.03. The molecule has 1 N–H and O–H groups in total. The van der Waals surface area contributed by atoms with Crippen molar-refractivity contribution in [2.75, 3.05) is 13.6 Å². The molecule has 2 rings (SSSR count). The van der Waals surface area contributed by atoms with E-state index in [0.29, 0.717) is 5.56 Å². The molecule has 1 amide bonds. The molecule has 6 nitrogen and oxygen atoms in total. The zero-order valence-electron chi connectivity index (χ0n) is 13.5. The number of rotatable bonds is 6. The van der Waals surface area contributed by atoms with Crippen molar-refractivity contribution in [3.8, 4) is 0 Å². The molecule has 0 saturated carbocycles. The van der Waals surface area contributed by atoms with Gasteiger partial charge in [-0.05, 0) is 35.9 Å². The first-order valence-electron chi connectivity index (χ1n) is 7.19. The monoisotopic (exact) mass is 417 g/mol. The number of hydrogen-bond acceptors (Lipinski definition) is 4. The Labute approximate surface area is 160 Å². The topological polar surface area (TPSA) is 78.8 Å². The standard InChI is InChI=1S/C16H14Cl2FN3O3S/c1-22(26(24,25)15-8-12(17)5-6-14(15)18)10-16(23)21-20-9-11-3-2-4-13(19)7-11/h2-9H,10H2,1H3,(H,21,23)/b20-9-. The van der Waals surface area contributed by atoms with Crippen molar-refractivity contribution in [1.29, 1.82) is 0 Å². The second-order valence-corrected chi connectivity index (χ2v) is 8.04. The fourth-order valence-electron chi connectivity index (χ4n) is 1.93. The van der Waals surface area contributed by atoms with Crippen molar-refractivity contribution in [1.82, 2.24) is 9.73 Å². The summed E-state index contributed by atoms with van der Waals surface area (Å²) < 4.78 is 38.8. The van der Waals surface area contributed by atoms with Crippen LogP contribution in [-0.2, 0) is 14.8 Å². The third-order valence-corrected chi connectivity index (χ3v) is 5.72. The molecule has 138 valence electrons. The van der Waals surface area contributed by atoms with Gasteiger partial charge < -0.3 is 0 Å². The van der Waals surface area contributed by atoms with Crippen molar-refractivity contribution in [2.24, 2.45) is 5.10 Å². The summed E-state index contributed by atoms with van der Waals surface area (Å²) in [6.07, 6.45) is 1.24. The summed E-state index contributed by atoms with van der Waals surface area (Å²) in [4.78, 5) is 11.7. The molecule has 0 heterocycles. The van der Waals surface area contributed by atoms with E-state index in [1.54, 1.807) is 6.07 Å². The number of likely N-dealkylation sites (N-methyl/N-ethyl adjacent to an activating group) is 1. The third kappa shape index (κ3) is 5.25. The summed E-state index contributed by atoms with van der Waals surface area (Å²) >= 11 is 11.7. The van der Waals surface area contributed by atoms with E-state index in [4.69, 9.17) is 23.2 Å². The van der Waals surface area contributed by atoms with Crippen LogP contribution < -0.4 is 5.43 Å². The van der Waals surface area contributed by atoms with Crippen molar-refractivity contribution in [3.63, 3.8) is 0 Å². The lowest BCUT2D eigenvalue weighted by Crippen LogP contribution is -2.36. The van der Waals surface area contributed by atoms with Crippen molar-refractivity contribution >= 4 is 45.3 Å². The van der Waals surface area contributed by atoms with Crippen LogP contribution in [0.5, 0.6) is 0 Å². The number of hydrazone groups is 1. The van der Waals surface area contributed by atoms with Crippen LogP contribution in [0.15, 0.2) is 52.5 Å². The minimum Gasteiger partial charge on any atom is -0.272 e. The lowest BCUT2D eigenvalue weighted by atomic mass is 10.2. The molecule has 2 aromatic rings. The number of halogens is 3. The maximum absolute atomic E-state index is 13.0. The predicted octanol–water partition coefficient (Wildman–Crippen LogP) is 2.90. The number of benzene rings is 2. The van der Waals surface area contributed by atoms with Crippen molar-refractivity contribution in [2.45, 2.75) is 4.90 Å². The summed E-state index contributed by atoms with van der Waals surface area (Å²) in [7, 11) is -2.79. The number of carbonyl (C=O) groups excluding carboxylic acids is 1. The Bertz CT molecular complexity index is 952. The molecule has 26 heavy (non-hydrogen) atoms. The van der Waals surface area contributed by atoms with Gasteiger partial charge in [0.1, 0.15) is 10.7 Å². The third-order valence-electron chi connectivity index (χ3n) is 3.20. The number of hydrogen-bond donors (Lipinski definition) is 1. The van der Waals surface area contributed by atoms with E-state index in [1.807, 2.05) is 0 Å². The maximum Gasteiger partial charge on any atom is 0.255 e. The Morgan fingerprint density at radius 2 is 2.00 bits per heavy atom. The van der Waals surface area contributed by atoms with Gasteiger partial charge in [-0.15, -0.1) is 0 Å². The van der Waals surface area contributed by atoms with Gasteiger partial charge in [-0.1, -0.05) is 35.3 Å². The summed E-state index contributed by atoms with van der Waals surface area (Å²) in [5, 5.41) is 3.85. The van der Waals surface area contributed by atoms with Gasteiger partial charge in [0.25, 0.3) is 5.91 Å². The molecule has 0 aromatic heterocycles. The van der Waals surface area contributed by atoms with Crippen LogP contribution in [0.1, 0.15) is 5.56 Å². The highest BCUT2D eigenvalue weighted by atomic mass is 35.5. The average molecular weight is 418 g/mol. The average Bonchev–Trinajstić information content (AvgIpc) is 2.57. The fraction of sp³-hybridized carbons (Fsp3) is 0.125. The highest BCUT2D eigenvalue weighted by Crippen LogP contribution is 2.27. The molecule has 2 aromatic carbocycles. The Morgan fingerprint density at radius 1 is 1.27 bits per heavy atom. The zero-order valence-corrected chi connectivity index (χ0v) is 15.8. The molecule has 0 unspecified atom stereocenters. The first-order valence-corrected chi connectivity index (χ1v) is 9.38. The van der Waals surface area contributed by atoms with Crippen LogP contribution in [0, 0.1) is 5.82 Å². The van der Waals surface area contributed by atoms with E-state index in [0.717, 1.165) is 4.31 Å². The molecule has 0 aliphatic carbocycles. The quantitative estimate of drug-likeness (QED) is 0.579. The van der Waals surface area contributed by atoms with Crippen LogP contribution in [0.4, 0.5) is 4.39 Å². The highest BCUT2D eigenvalue weighted by Gasteiger charge is 2.25. The number of sulfonamides is 1. The molecule has 0 atom stereocenters. The maximum atomic E-state index is 13.0. The lowest BCUT2D eigenvalue weighted by molar-refractivity contribution is -0.121. The van der Waals surface area contributed by atoms with Gasteiger partial charge in [0.2, 0.25) is 10.0 Å². The van der Waals surface area contributed by atoms with E-state index < -0.39 is 28.3 Å². The van der Waals surface area contributed by atoms with Gasteiger partial charge in [-0.3, -0.25) is 4.79 Å². The zero-order chi connectivity index (χ0) is 19.3. The summed E-state index contributed by atoms with van der Waals surface area (Å²) in [5.74, 6) is -1.12. The van der Waals surface area contributed by atoms with E-state index >= 15 is 0 Å². The normalized spacial score (nSPS) is 11.9. The molecule has 10 heteroatoms. The second-order valence-electron chi connectivity index (χ2n) is 5.18. The van der Waals surface area contributed by atoms with Crippen LogP contribution in [-0.4, -0.2) is 38.4 Å². The highest BCUT2D eigenvalue weighted by molar-refractivity contribution is 7.89. The van der Waals surface area contributed by atoms with Crippen LogP contribution >= 0.6 is 23.2 Å². The molecule has 0 saturated heterocycles. The molecular formula is C16H14Cl2FN3O3S. The molecule has 0 bridgehead atoms. The van der Waals surface area contributed by atoms with Gasteiger partial charge in [-0.25, -0.2) is 18.2 Å². The first kappa shape index (κ1) is 20.3. The Kier molecular flexibility index (Phi) is 6.71. The van der Waals surface area contributed by atoms with Crippen molar-refractivity contribution in [3.05, 3.63) is 63.9 Å². The van der Waals surface area contributed by atoms with Crippen molar-refractivity contribution < 1.29 is 17.6 Å². The summed E-state index contributed by atoms with van der Waals surface area (Å²) in [6.45, 7) is -0.494. The van der Waals surface area contributed by atoms with Crippen LogP contribution in [0.3, 0.4) is 0 Å². The minimum absolute atomic E-state index is 0.00853. The number of amides is 1. The second kappa shape index (κ2) is 8.59. The first-order chi connectivity index (χ1) is 12.2. The van der Waals surface area contributed by atoms with Gasteiger partial charge in [0.05, 0.1) is 17.8 Å². The molecule has 0 aliphatic rings. The Hall–Kier alpha value is -2.00. The van der Waals surface area contributed by atoms with Gasteiger partial charge >= 0.3 is 0 Å². The molecule has 0 aliphatic heterocycles. The number of nitrogens with zero attached hydrogens (tertiary/aromatic N) is 2. The smallest absolute Gasteiger partial charge is 0.255 e. The predicted molar refractivity (Wildman–Crippen MR) is 98.4 cm³/mol. The minimum atomic E-state index is -4.02. The van der Waals surface area contributed by atoms with E-state index in [1.165, 1.54) is 49.7 Å². The van der Waals surface area contributed by atoms with Gasteiger partial charge in [0, 0.05) is 12.1 Å². The molecular weight excluding hydrogens is 404 g/mol. The van der Waals surface area contributed by atoms with E-state index in [9.17, 15) is 17.6 Å². The molecule has 0 spiro atoms. The van der Waals surface area contributed by atoms with E-state index in [2.05, 4.69) is 10.5 Å². The van der Waals surface area contributed by atoms with Gasteiger partial charge in [-0.2, -0.15) is 9.41 Å². The lowest BCUT2D eigenvalue weighted by Gasteiger charge is -2.17. The number of carbonyl (C=O) groups is 1. The fourth-order valence-corrected chi connectivity index (χ4v) is 3.79. The molecule has 0 fully saturated rings. The van der Waals surface area contributed by atoms with Gasteiger partial charge in [0.15, 0.2) is 0 Å². The Morgan fingerprint density at radius 3 is 2.69 bits per heavy atom. The van der Waals surface area contributed by atoms with Crippen LogP contribution in [0.2, 0.25) is 10.0 Å². The summed E-state index contributed by atoms with van der Waals surface area (Å²) in [6, 6.07) is 9.61. The van der Waals surface area contributed by atoms with Crippen LogP contribution in [0.25, 0.3) is 0 Å². The number of nitrogens with one attached hydrogen (secondary N) is 1.